The van der Waals surface area contributed by atoms with Crippen molar-refractivity contribution in [2.45, 2.75) is 6.54 Å². The minimum absolute atomic E-state index is 0.109. The van der Waals surface area contributed by atoms with E-state index in [0.29, 0.717) is 21.8 Å². The highest BCUT2D eigenvalue weighted by atomic mass is 19.1. The fourth-order valence-corrected chi connectivity index (χ4v) is 3.32. The number of carbonyl (C=O) groups is 1. The minimum Gasteiger partial charge on any atom is -0.331 e. The molecule has 0 aliphatic carbocycles. The molecular weight excluding hydrogens is 377 g/mol. The average Bonchev–Trinajstić information content (AvgIpc) is 2.72. The maximum atomic E-state index is 13.5. The highest BCUT2D eigenvalue weighted by Crippen LogP contribution is 2.22. The van der Waals surface area contributed by atoms with Gasteiger partial charge in [-0.05, 0) is 36.4 Å². The van der Waals surface area contributed by atoms with Crippen molar-refractivity contribution in [1.29, 1.82) is 0 Å². The molecule has 4 rings (SSSR count). The van der Waals surface area contributed by atoms with Gasteiger partial charge < -0.3 is 9.88 Å². The number of pyridine rings is 1. The van der Waals surface area contributed by atoms with Crippen molar-refractivity contribution in [1.82, 2.24) is 4.57 Å². The third kappa shape index (κ3) is 3.31. The molecule has 0 spiro atoms. The van der Waals surface area contributed by atoms with Crippen LogP contribution >= 0.6 is 0 Å². The van der Waals surface area contributed by atoms with E-state index in [-0.39, 0.29) is 17.7 Å². The van der Waals surface area contributed by atoms with Crippen molar-refractivity contribution in [3.05, 3.63) is 92.9 Å². The number of hydrogen-bond acceptors (Lipinski definition) is 4. The molecule has 7 nitrogen and oxygen atoms in total. The van der Waals surface area contributed by atoms with Gasteiger partial charge in [-0.25, -0.2) is 0 Å². The summed E-state index contributed by atoms with van der Waals surface area (Å²) in [7, 11) is 0. The molecule has 144 valence electrons. The van der Waals surface area contributed by atoms with Gasteiger partial charge in [-0.2, -0.15) is 4.39 Å². The Morgan fingerprint density at radius 2 is 1.59 bits per heavy atom. The molecule has 0 radical (unpaired) electrons. The van der Waals surface area contributed by atoms with Crippen LogP contribution in [0, 0.1) is 15.9 Å². The lowest BCUT2D eigenvalue weighted by Crippen LogP contribution is -2.21. The van der Waals surface area contributed by atoms with E-state index >= 15 is 0 Å². The van der Waals surface area contributed by atoms with Crippen LogP contribution in [-0.4, -0.2) is 15.4 Å². The first-order valence-corrected chi connectivity index (χ1v) is 8.70. The molecule has 0 saturated carbocycles. The van der Waals surface area contributed by atoms with Gasteiger partial charge in [0, 0.05) is 22.5 Å². The Balaban J connectivity index is 1.75. The predicted molar refractivity (Wildman–Crippen MR) is 107 cm³/mol. The zero-order chi connectivity index (χ0) is 20.5. The first-order chi connectivity index (χ1) is 14.0. The molecule has 1 amide bonds. The number of nitrogens with zero attached hydrogens (tertiary/aromatic N) is 2. The number of aromatic nitrogens is 1. The van der Waals surface area contributed by atoms with Crippen LogP contribution in [0.25, 0.3) is 21.8 Å². The molecule has 1 N–H and O–H groups in total. The molecule has 0 saturated heterocycles. The van der Waals surface area contributed by atoms with Crippen LogP contribution < -0.4 is 10.7 Å². The fraction of sp³-hybridized carbons (Fsp3) is 0.0476. The van der Waals surface area contributed by atoms with Crippen molar-refractivity contribution in [2.75, 3.05) is 5.32 Å². The summed E-state index contributed by atoms with van der Waals surface area (Å²) in [6.45, 7) is -0.132. The lowest BCUT2D eigenvalue weighted by Gasteiger charge is -2.15. The van der Waals surface area contributed by atoms with Gasteiger partial charge in [0.2, 0.25) is 11.7 Å². The number of nitro groups is 1. The van der Waals surface area contributed by atoms with E-state index in [1.165, 1.54) is 6.07 Å². The molecule has 1 aromatic heterocycles. The van der Waals surface area contributed by atoms with Crippen molar-refractivity contribution in [3.8, 4) is 0 Å². The zero-order valence-electron chi connectivity index (χ0n) is 15.0. The van der Waals surface area contributed by atoms with Crippen LogP contribution in [-0.2, 0) is 11.3 Å². The molecule has 1 heterocycles. The van der Waals surface area contributed by atoms with Gasteiger partial charge in [0.25, 0.3) is 0 Å². The number of carbonyl (C=O) groups excluding carboxylic acids is 1. The summed E-state index contributed by atoms with van der Waals surface area (Å²) in [5.74, 6) is -1.45. The second kappa shape index (κ2) is 7.16. The molecule has 4 aromatic rings. The van der Waals surface area contributed by atoms with Gasteiger partial charge in [-0.3, -0.25) is 19.7 Å². The molecule has 0 unspecified atom stereocenters. The minimum atomic E-state index is -0.981. The van der Waals surface area contributed by atoms with E-state index in [1.807, 2.05) is 0 Å². The van der Waals surface area contributed by atoms with Crippen LogP contribution in [0.2, 0.25) is 0 Å². The summed E-state index contributed by atoms with van der Waals surface area (Å²) >= 11 is 0. The maximum absolute atomic E-state index is 13.5. The SMILES string of the molecule is O=C(Cn1c2ccccc2c(=O)c2ccccc21)Nc1ccc(F)c([N+](=O)[O-])c1. The van der Waals surface area contributed by atoms with Crippen molar-refractivity contribution >= 4 is 39.1 Å². The maximum Gasteiger partial charge on any atom is 0.306 e. The van der Waals surface area contributed by atoms with Crippen molar-refractivity contribution < 1.29 is 14.1 Å². The average molecular weight is 391 g/mol. The van der Waals surface area contributed by atoms with E-state index in [1.54, 1.807) is 53.1 Å². The second-order valence-corrected chi connectivity index (χ2v) is 6.42. The molecule has 0 aliphatic rings. The molecule has 3 aromatic carbocycles. The Morgan fingerprint density at radius 3 is 2.17 bits per heavy atom. The number of rotatable bonds is 4. The van der Waals surface area contributed by atoms with Crippen LogP contribution in [0.5, 0.6) is 0 Å². The molecular formula is C21H14FN3O4. The molecule has 8 heteroatoms. The topological polar surface area (TPSA) is 94.2 Å². The standard InChI is InChI=1S/C21H14FN3O4/c22-16-10-9-13(11-19(16)25(28)29)23-20(26)12-24-17-7-3-1-5-14(17)21(27)15-6-2-4-8-18(15)24/h1-11H,12H2,(H,23,26). The fourth-order valence-electron chi connectivity index (χ4n) is 3.32. The summed E-state index contributed by atoms with van der Waals surface area (Å²) in [6, 6.07) is 17.1. The molecule has 0 atom stereocenters. The normalized spacial score (nSPS) is 10.9. The summed E-state index contributed by atoms with van der Waals surface area (Å²) in [4.78, 5) is 35.4. The Kier molecular flexibility index (Phi) is 4.52. The van der Waals surface area contributed by atoms with E-state index in [9.17, 15) is 24.1 Å². The number of nitrogens with one attached hydrogen (secondary N) is 1. The van der Waals surface area contributed by atoms with Crippen LogP contribution in [0.1, 0.15) is 0 Å². The highest BCUT2D eigenvalue weighted by molar-refractivity contribution is 5.97. The molecule has 0 bridgehead atoms. The third-order valence-electron chi connectivity index (χ3n) is 4.61. The van der Waals surface area contributed by atoms with Crippen molar-refractivity contribution in [3.63, 3.8) is 0 Å². The van der Waals surface area contributed by atoms with Gasteiger partial charge in [-0.1, -0.05) is 24.3 Å². The molecule has 0 fully saturated rings. The monoisotopic (exact) mass is 391 g/mol. The largest absolute Gasteiger partial charge is 0.331 e. The Bertz CT molecular complexity index is 1290. The number of halogens is 1. The lowest BCUT2D eigenvalue weighted by atomic mass is 10.1. The summed E-state index contributed by atoms with van der Waals surface area (Å²) in [6.07, 6.45) is 0. The predicted octanol–water partition coefficient (Wildman–Crippen LogP) is 3.84. The van der Waals surface area contributed by atoms with Crippen LogP contribution in [0.4, 0.5) is 15.8 Å². The van der Waals surface area contributed by atoms with E-state index < -0.39 is 22.3 Å². The highest BCUT2D eigenvalue weighted by Gasteiger charge is 2.17. The van der Waals surface area contributed by atoms with Gasteiger partial charge in [0.05, 0.1) is 16.0 Å². The lowest BCUT2D eigenvalue weighted by molar-refractivity contribution is -0.387. The number of nitro benzene ring substituents is 1. The quantitative estimate of drug-likeness (QED) is 0.325. The van der Waals surface area contributed by atoms with Crippen LogP contribution in [0.15, 0.2) is 71.5 Å². The first kappa shape index (κ1) is 18.3. The Labute approximate surface area is 163 Å². The number of amides is 1. The van der Waals surface area contributed by atoms with E-state index in [0.717, 1.165) is 12.1 Å². The number of anilines is 1. The van der Waals surface area contributed by atoms with Crippen LogP contribution in [0.3, 0.4) is 0 Å². The number of para-hydroxylation sites is 2. The van der Waals surface area contributed by atoms with Crippen molar-refractivity contribution in [2.24, 2.45) is 0 Å². The first-order valence-electron chi connectivity index (χ1n) is 8.70. The number of fused-ring (bicyclic) bond motifs is 2. The third-order valence-corrected chi connectivity index (χ3v) is 4.61. The summed E-state index contributed by atoms with van der Waals surface area (Å²) < 4.78 is 15.2. The van der Waals surface area contributed by atoms with Gasteiger partial charge >= 0.3 is 5.69 Å². The number of hydrogen-bond donors (Lipinski definition) is 1. The molecule has 0 aliphatic heterocycles. The zero-order valence-corrected chi connectivity index (χ0v) is 15.0. The smallest absolute Gasteiger partial charge is 0.306 e. The summed E-state index contributed by atoms with van der Waals surface area (Å²) in [5.41, 5.74) is 0.453. The second-order valence-electron chi connectivity index (χ2n) is 6.42. The van der Waals surface area contributed by atoms with Gasteiger partial charge in [0.1, 0.15) is 6.54 Å². The van der Waals surface area contributed by atoms with Gasteiger partial charge in [0.15, 0.2) is 5.43 Å². The molecule has 29 heavy (non-hydrogen) atoms. The number of benzene rings is 3. The van der Waals surface area contributed by atoms with E-state index in [2.05, 4.69) is 5.32 Å². The Hall–Kier alpha value is -4.07. The summed E-state index contributed by atoms with van der Waals surface area (Å²) in [5, 5.41) is 14.4. The van der Waals surface area contributed by atoms with E-state index in [4.69, 9.17) is 0 Å². The Morgan fingerprint density at radius 1 is 1.00 bits per heavy atom. The van der Waals surface area contributed by atoms with Gasteiger partial charge in [-0.15, -0.1) is 0 Å².